The Morgan fingerprint density at radius 2 is 1.86 bits per heavy atom. The molecular weight excluding hydrogens is 280 g/mol. The first-order valence-electron chi connectivity index (χ1n) is 6.52. The molecule has 1 aromatic rings. The van der Waals surface area contributed by atoms with Gasteiger partial charge in [-0.15, -0.1) is 0 Å². The number of benzene rings is 1. The molecule has 0 amide bonds. The lowest BCUT2D eigenvalue weighted by atomic mass is 10.2. The molecule has 0 aromatic heterocycles. The minimum atomic E-state index is -0.752. The highest BCUT2D eigenvalue weighted by atomic mass is 19.1. The van der Waals surface area contributed by atoms with Gasteiger partial charge in [-0.1, -0.05) is 5.11 Å². The maximum Gasteiger partial charge on any atom is 0.149 e. The molecular formula is C13H15F2N5O. The van der Waals surface area contributed by atoms with E-state index in [0.29, 0.717) is 32.7 Å². The molecule has 1 aromatic carbocycles. The Labute approximate surface area is 120 Å². The number of hydrogen-bond donors (Lipinski definition) is 0. The molecule has 0 bridgehead atoms. The second-order valence-electron chi connectivity index (χ2n) is 4.91. The predicted octanol–water partition coefficient (Wildman–Crippen LogP) is 2.62. The topological polar surface area (TPSA) is 72.3 Å². The largest absolute Gasteiger partial charge is 0.364 e. The molecule has 21 heavy (non-hydrogen) atoms. The third-order valence-electron chi connectivity index (χ3n) is 3.30. The summed E-state index contributed by atoms with van der Waals surface area (Å²) < 4.78 is 28.0. The van der Waals surface area contributed by atoms with Gasteiger partial charge < -0.3 is 4.90 Å². The number of carbonyl (C=O) groups excluding carboxylic acids is 1. The number of carbonyl (C=O) groups is 1. The molecule has 0 unspecified atom stereocenters. The summed E-state index contributed by atoms with van der Waals surface area (Å²) in [5.74, 6) is -1.44. The minimum Gasteiger partial charge on any atom is -0.364 e. The van der Waals surface area contributed by atoms with Gasteiger partial charge in [-0.2, -0.15) is 0 Å². The Morgan fingerprint density at radius 1 is 1.29 bits per heavy atom. The smallest absolute Gasteiger partial charge is 0.149 e. The van der Waals surface area contributed by atoms with E-state index in [1.807, 2.05) is 4.90 Å². The van der Waals surface area contributed by atoms with Crippen molar-refractivity contribution in [1.82, 2.24) is 4.90 Å². The number of halogens is 2. The summed E-state index contributed by atoms with van der Waals surface area (Å²) in [6, 6.07) is 2.03. The average molecular weight is 295 g/mol. The Morgan fingerprint density at radius 3 is 2.33 bits per heavy atom. The molecule has 2 rings (SSSR count). The summed E-state index contributed by atoms with van der Waals surface area (Å²) >= 11 is 0. The van der Waals surface area contributed by atoms with Crippen LogP contribution in [0.3, 0.4) is 0 Å². The third-order valence-corrected chi connectivity index (χ3v) is 3.30. The standard InChI is InChI=1S/C13H15F2N5O/c1-9(21)8-19-2-4-20(5-3-19)13-11(14)6-10(17-18-16)7-12(13)15/h6-7H,2-5,8H2,1H3. The van der Waals surface area contributed by atoms with Crippen LogP contribution in [0.5, 0.6) is 0 Å². The van der Waals surface area contributed by atoms with Crippen molar-refractivity contribution in [2.75, 3.05) is 37.6 Å². The molecule has 1 heterocycles. The summed E-state index contributed by atoms with van der Waals surface area (Å²) in [4.78, 5) is 17.1. The molecule has 1 aliphatic rings. The fraction of sp³-hybridized carbons (Fsp3) is 0.462. The lowest BCUT2D eigenvalue weighted by molar-refractivity contribution is -0.118. The molecule has 0 atom stereocenters. The van der Waals surface area contributed by atoms with E-state index < -0.39 is 11.6 Å². The number of Topliss-reactive ketones (excluding diaryl/α,β-unsaturated/α-hetero) is 1. The lowest BCUT2D eigenvalue weighted by Crippen LogP contribution is -2.48. The number of hydrogen-bond acceptors (Lipinski definition) is 4. The summed E-state index contributed by atoms with van der Waals surface area (Å²) in [7, 11) is 0. The van der Waals surface area contributed by atoms with E-state index in [9.17, 15) is 13.6 Å². The minimum absolute atomic E-state index is 0.0690. The molecule has 0 N–H and O–H groups in total. The lowest BCUT2D eigenvalue weighted by Gasteiger charge is -2.35. The number of anilines is 1. The number of rotatable bonds is 4. The van der Waals surface area contributed by atoms with Gasteiger partial charge in [0.15, 0.2) is 0 Å². The Bertz CT molecular complexity index is 569. The van der Waals surface area contributed by atoms with Gasteiger partial charge in [-0.25, -0.2) is 8.78 Å². The second kappa shape index (κ2) is 6.51. The van der Waals surface area contributed by atoms with E-state index in [1.165, 1.54) is 6.92 Å². The molecule has 8 heteroatoms. The first kappa shape index (κ1) is 15.2. The second-order valence-corrected chi connectivity index (χ2v) is 4.91. The van der Waals surface area contributed by atoms with Crippen LogP contribution in [0.25, 0.3) is 10.4 Å². The SMILES string of the molecule is CC(=O)CN1CCN(c2c(F)cc(N=[N+]=[N-])cc2F)CC1. The summed E-state index contributed by atoms with van der Waals surface area (Å²) in [6.45, 7) is 3.87. The molecule has 1 fully saturated rings. The predicted molar refractivity (Wildman–Crippen MR) is 74.5 cm³/mol. The maximum absolute atomic E-state index is 14.0. The zero-order valence-corrected chi connectivity index (χ0v) is 11.6. The van der Waals surface area contributed by atoms with Crippen LogP contribution in [0.1, 0.15) is 6.92 Å². The van der Waals surface area contributed by atoms with Gasteiger partial charge in [0.2, 0.25) is 0 Å². The molecule has 6 nitrogen and oxygen atoms in total. The van der Waals surface area contributed by atoms with Crippen molar-refractivity contribution in [3.63, 3.8) is 0 Å². The molecule has 0 spiro atoms. The normalized spacial score (nSPS) is 15.7. The molecule has 0 radical (unpaired) electrons. The van der Waals surface area contributed by atoms with Crippen molar-refractivity contribution in [2.24, 2.45) is 5.11 Å². The van der Waals surface area contributed by atoms with Gasteiger partial charge in [0, 0.05) is 36.8 Å². The van der Waals surface area contributed by atoms with Gasteiger partial charge in [0.25, 0.3) is 0 Å². The molecule has 0 saturated carbocycles. The van der Waals surface area contributed by atoms with Crippen LogP contribution < -0.4 is 4.90 Å². The van der Waals surface area contributed by atoms with Crippen LogP contribution in [0.15, 0.2) is 17.2 Å². The Kier molecular flexibility index (Phi) is 4.72. The van der Waals surface area contributed by atoms with Gasteiger partial charge in [-0.05, 0) is 24.6 Å². The fourth-order valence-corrected chi connectivity index (χ4v) is 2.41. The molecule has 112 valence electrons. The van der Waals surface area contributed by atoms with Crippen LogP contribution in [0.4, 0.5) is 20.2 Å². The highest BCUT2D eigenvalue weighted by molar-refractivity contribution is 5.77. The van der Waals surface area contributed by atoms with E-state index in [2.05, 4.69) is 10.0 Å². The molecule has 1 aliphatic heterocycles. The van der Waals surface area contributed by atoms with E-state index in [4.69, 9.17) is 5.53 Å². The maximum atomic E-state index is 14.0. The monoisotopic (exact) mass is 295 g/mol. The zero-order chi connectivity index (χ0) is 15.4. The quantitative estimate of drug-likeness (QED) is 0.487. The zero-order valence-electron chi connectivity index (χ0n) is 11.6. The summed E-state index contributed by atoms with van der Waals surface area (Å²) in [6.07, 6.45) is 0. The van der Waals surface area contributed by atoms with Gasteiger partial charge in [0.05, 0.1) is 6.54 Å². The van der Waals surface area contributed by atoms with E-state index in [0.717, 1.165) is 12.1 Å². The van der Waals surface area contributed by atoms with Gasteiger partial charge in [-0.3, -0.25) is 9.69 Å². The highest BCUT2D eigenvalue weighted by Gasteiger charge is 2.23. The van der Waals surface area contributed by atoms with Crippen LogP contribution in [0.2, 0.25) is 0 Å². The number of ketones is 1. The molecule has 1 saturated heterocycles. The Hall–Kier alpha value is -2.18. The fourth-order valence-electron chi connectivity index (χ4n) is 2.41. The number of nitrogens with zero attached hydrogens (tertiary/aromatic N) is 5. The first-order chi connectivity index (χ1) is 10.0. The van der Waals surface area contributed by atoms with Crippen LogP contribution >= 0.6 is 0 Å². The average Bonchev–Trinajstić information content (AvgIpc) is 2.39. The van der Waals surface area contributed by atoms with Crippen molar-refractivity contribution in [1.29, 1.82) is 0 Å². The van der Waals surface area contributed by atoms with Crippen molar-refractivity contribution in [3.8, 4) is 0 Å². The van der Waals surface area contributed by atoms with Crippen molar-refractivity contribution < 1.29 is 13.6 Å². The van der Waals surface area contributed by atoms with E-state index in [-0.39, 0.29) is 17.2 Å². The summed E-state index contributed by atoms with van der Waals surface area (Å²) in [5.41, 5.74) is 8.08. The number of piperazine rings is 1. The number of azide groups is 1. The van der Waals surface area contributed by atoms with Gasteiger partial charge in [0.1, 0.15) is 23.1 Å². The van der Waals surface area contributed by atoms with Crippen molar-refractivity contribution in [2.45, 2.75) is 6.92 Å². The van der Waals surface area contributed by atoms with Crippen molar-refractivity contribution >= 4 is 17.2 Å². The van der Waals surface area contributed by atoms with Crippen LogP contribution in [0, 0.1) is 11.6 Å². The van der Waals surface area contributed by atoms with E-state index in [1.54, 1.807) is 4.90 Å². The Balaban J connectivity index is 2.13. The van der Waals surface area contributed by atoms with Crippen LogP contribution in [-0.2, 0) is 4.79 Å². The first-order valence-corrected chi connectivity index (χ1v) is 6.52. The van der Waals surface area contributed by atoms with Gasteiger partial charge >= 0.3 is 0 Å². The third kappa shape index (κ3) is 3.68. The van der Waals surface area contributed by atoms with Crippen LogP contribution in [-0.4, -0.2) is 43.4 Å². The van der Waals surface area contributed by atoms with E-state index >= 15 is 0 Å². The highest BCUT2D eigenvalue weighted by Crippen LogP contribution is 2.29. The molecule has 0 aliphatic carbocycles. The van der Waals surface area contributed by atoms with Crippen molar-refractivity contribution in [3.05, 3.63) is 34.2 Å². The summed E-state index contributed by atoms with van der Waals surface area (Å²) in [5, 5.41) is 3.20.